The van der Waals surface area contributed by atoms with E-state index in [0.29, 0.717) is 27.3 Å². The Bertz CT molecular complexity index is 975. The number of aryl methyl sites for hydroxylation is 2. The zero-order valence-corrected chi connectivity index (χ0v) is 17.6. The number of thioether (sulfide) groups is 1. The number of aromatic nitrogens is 1. The molecule has 2 aromatic rings. The second-order valence-electron chi connectivity index (χ2n) is 6.15. The molecule has 1 aliphatic heterocycles. The SMILES string of the molecule is CCOc1cc(/C=C2/SC(=S)N(n3c(C)ccc3C)C2=O)ccc1OC(C)=O. The monoisotopic (exact) mass is 416 g/mol. The molecule has 2 heterocycles. The van der Waals surface area contributed by atoms with E-state index in [1.165, 1.54) is 23.7 Å². The minimum atomic E-state index is -0.424. The first kappa shape index (κ1) is 20.2. The number of esters is 1. The van der Waals surface area contributed by atoms with Crippen LogP contribution in [0.2, 0.25) is 0 Å². The van der Waals surface area contributed by atoms with Crippen LogP contribution in [0, 0.1) is 13.8 Å². The Morgan fingerprint density at radius 1 is 1.18 bits per heavy atom. The van der Waals surface area contributed by atoms with Gasteiger partial charge in [0.25, 0.3) is 5.91 Å². The third kappa shape index (κ3) is 3.98. The predicted octanol–water partition coefficient (Wildman–Crippen LogP) is 3.97. The van der Waals surface area contributed by atoms with Crippen molar-refractivity contribution >= 4 is 46.3 Å². The molecule has 0 N–H and O–H groups in total. The lowest BCUT2D eigenvalue weighted by Gasteiger charge is -2.20. The number of thiocarbonyl (C=S) groups is 1. The molecular weight excluding hydrogens is 396 g/mol. The van der Waals surface area contributed by atoms with Crippen molar-refractivity contribution in [2.75, 3.05) is 11.6 Å². The summed E-state index contributed by atoms with van der Waals surface area (Å²) in [7, 11) is 0. The van der Waals surface area contributed by atoms with Gasteiger partial charge in [-0.15, -0.1) is 0 Å². The van der Waals surface area contributed by atoms with Gasteiger partial charge in [0.05, 0.1) is 11.5 Å². The molecule has 1 aromatic carbocycles. The largest absolute Gasteiger partial charge is 0.490 e. The lowest BCUT2D eigenvalue weighted by atomic mass is 10.2. The molecule has 0 unspecified atom stereocenters. The predicted molar refractivity (Wildman–Crippen MR) is 114 cm³/mol. The molecule has 0 atom stereocenters. The van der Waals surface area contributed by atoms with Crippen LogP contribution in [0.25, 0.3) is 6.08 Å². The molecular formula is C20H20N2O4S2. The molecule has 0 radical (unpaired) electrons. The maximum Gasteiger partial charge on any atom is 0.308 e. The molecule has 6 nitrogen and oxygen atoms in total. The normalized spacial score (nSPS) is 15.4. The van der Waals surface area contributed by atoms with Crippen molar-refractivity contribution in [1.82, 2.24) is 4.68 Å². The summed E-state index contributed by atoms with van der Waals surface area (Å²) in [6.45, 7) is 7.46. The summed E-state index contributed by atoms with van der Waals surface area (Å²) in [6.07, 6.45) is 1.76. The molecule has 1 fully saturated rings. The van der Waals surface area contributed by atoms with Gasteiger partial charge >= 0.3 is 5.97 Å². The molecule has 28 heavy (non-hydrogen) atoms. The van der Waals surface area contributed by atoms with Crippen molar-refractivity contribution < 1.29 is 19.1 Å². The van der Waals surface area contributed by atoms with Gasteiger partial charge < -0.3 is 9.47 Å². The maximum absolute atomic E-state index is 13.0. The topological polar surface area (TPSA) is 60.8 Å². The zero-order valence-electron chi connectivity index (χ0n) is 16.0. The van der Waals surface area contributed by atoms with Crippen molar-refractivity contribution in [3.63, 3.8) is 0 Å². The molecule has 1 amide bonds. The summed E-state index contributed by atoms with van der Waals surface area (Å²) in [6, 6.07) is 9.04. The summed E-state index contributed by atoms with van der Waals surface area (Å²) < 4.78 is 13.0. The minimum absolute atomic E-state index is 0.181. The van der Waals surface area contributed by atoms with Crippen LogP contribution in [0.5, 0.6) is 11.5 Å². The first-order valence-corrected chi connectivity index (χ1v) is 9.92. The van der Waals surface area contributed by atoms with E-state index >= 15 is 0 Å². The zero-order chi connectivity index (χ0) is 20.4. The summed E-state index contributed by atoms with van der Waals surface area (Å²) in [5.74, 6) is 0.183. The van der Waals surface area contributed by atoms with Crippen LogP contribution in [0.15, 0.2) is 35.2 Å². The van der Waals surface area contributed by atoms with Crippen LogP contribution in [-0.4, -0.2) is 27.5 Å². The Kier molecular flexibility index (Phi) is 5.90. The van der Waals surface area contributed by atoms with Crippen molar-refractivity contribution in [1.29, 1.82) is 0 Å². The van der Waals surface area contributed by atoms with Gasteiger partial charge in [0, 0.05) is 18.3 Å². The lowest BCUT2D eigenvalue weighted by molar-refractivity contribution is -0.132. The molecule has 1 saturated heterocycles. The smallest absolute Gasteiger partial charge is 0.308 e. The summed E-state index contributed by atoms with van der Waals surface area (Å²) in [5, 5.41) is 1.51. The van der Waals surface area contributed by atoms with Gasteiger partial charge in [-0.2, -0.15) is 5.01 Å². The third-order valence-corrected chi connectivity index (χ3v) is 5.31. The van der Waals surface area contributed by atoms with Gasteiger partial charge in [-0.05, 0) is 68.9 Å². The quantitative estimate of drug-likeness (QED) is 0.318. The van der Waals surface area contributed by atoms with Crippen molar-refractivity contribution in [3.8, 4) is 11.5 Å². The van der Waals surface area contributed by atoms with Crippen molar-refractivity contribution in [2.24, 2.45) is 0 Å². The molecule has 0 saturated carbocycles. The number of benzene rings is 1. The highest BCUT2D eigenvalue weighted by Crippen LogP contribution is 2.35. The van der Waals surface area contributed by atoms with E-state index in [4.69, 9.17) is 21.7 Å². The standard InChI is InChI=1S/C20H20N2O4S2/c1-5-25-17-10-15(8-9-16(17)26-14(4)23)11-18-19(24)22(20(27)28-18)21-12(2)6-7-13(21)3/h6-11H,5H2,1-4H3/b18-11+. The second-order valence-corrected chi connectivity index (χ2v) is 7.83. The number of hydrogen-bond acceptors (Lipinski definition) is 6. The number of ether oxygens (including phenoxy) is 2. The van der Waals surface area contributed by atoms with E-state index in [1.54, 1.807) is 24.3 Å². The number of hydrogen-bond donors (Lipinski definition) is 0. The second kappa shape index (κ2) is 8.20. The van der Waals surface area contributed by atoms with Gasteiger partial charge in [-0.25, -0.2) is 0 Å². The van der Waals surface area contributed by atoms with Crippen molar-refractivity contribution in [2.45, 2.75) is 27.7 Å². The minimum Gasteiger partial charge on any atom is -0.490 e. The fraction of sp³-hybridized carbons (Fsp3) is 0.250. The van der Waals surface area contributed by atoms with Crippen LogP contribution in [-0.2, 0) is 9.59 Å². The van der Waals surface area contributed by atoms with E-state index in [0.717, 1.165) is 17.0 Å². The number of rotatable bonds is 5. The third-order valence-electron chi connectivity index (χ3n) is 4.03. The fourth-order valence-corrected chi connectivity index (χ4v) is 4.12. The molecule has 1 aliphatic rings. The molecule has 0 aliphatic carbocycles. The first-order chi connectivity index (χ1) is 13.3. The van der Waals surface area contributed by atoms with Crippen LogP contribution in [0.3, 0.4) is 0 Å². The van der Waals surface area contributed by atoms with Crippen LogP contribution < -0.4 is 14.5 Å². The van der Waals surface area contributed by atoms with E-state index in [1.807, 2.05) is 37.6 Å². The number of nitrogens with zero attached hydrogens (tertiary/aromatic N) is 2. The number of amides is 1. The van der Waals surface area contributed by atoms with E-state index < -0.39 is 5.97 Å². The van der Waals surface area contributed by atoms with Gasteiger partial charge in [-0.3, -0.25) is 14.3 Å². The van der Waals surface area contributed by atoms with Crippen molar-refractivity contribution in [3.05, 3.63) is 52.2 Å². The maximum atomic E-state index is 13.0. The van der Waals surface area contributed by atoms with Crippen LogP contribution >= 0.6 is 24.0 Å². The molecule has 0 bridgehead atoms. The van der Waals surface area contributed by atoms with Gasteiger partial charge in [0.2, 0.25) is 0 Å². The highest BCUT2D eigenvalue weighted by molar-refractivity contribution is 8.27. The van der Waals surface area contributed by atoms with Gasteiger partial charge in [-0.1, -0.05) is 17.8 Å². The average Bonchev–Trinajstić information content (AvgIpc) is 3.08. The Balaban J connectivity index is 1.93. The summed E-state index contributed by atoms with van der Waals surface area (Å²) in [4.78, 5) is 24.7. The molecule has 3 rings (SSSR count). The fourth-order valence-electron chi connectivity index (χ4n) is 2.88. The molecule has 146 valence electrons. The highest BCUT2D eigenvalue weighted by Gasteiger charge is 2.34. The van der Waals surface area contributed by atoms with Crippen LogP contribution in [0.4, 0.5) is 0 Å². The van der Waals surface area contributed by atoms with Gasteiger partial charge in [0.15, 0.2) is 15.8 Å². The average molecular weight is 417 g/mol. The Morgan fingerprint density at radius 2 is 1.86 bits per heavy atom. The number of carbonyl (C=O) groups excluding carboxylic acids is 2. The Hall–Kier alpha value is -2.58. The highest BCUT2D eigenvalue weighted by atomic mass is 32.2. The summed E-state index contributed by atoms with van der Waals surface area (Å²) in [5.41, 5.74) is 2.61. The lowest BCUT2D eigenvalue weighted by Crippen LogP contribution is -2.39. The molecule has 8 heteroatoms. The Morgan fingerprint density at radius 3 is 2.46 bits per heavy atom. The van der Waals surface area contributed by atoms with E-state index in [2.05, 4.69) is 0 Å². The van der Waals surface area contributed by atoms with Gasteiger partial charge in [0.1, 0.15) is 0 Å². The molecule has 1 aromatic heterocycles. The Labute approximate surface area is 173 Å². The van der Waals surface area contributed by atoms with E-state index in [-0.39, 0.29) is 5.91 Å². The molecule has 0 spiro atoms. The first-order valence-electron chi connectivity index (χ1n) is 8.70. The van der Waals surface area contributed by atoms with E-state index in [9.17, 15) is 9.59 Å². The number of carbonyl (C=O) groups is 2. The summed E-state index contributed by atoms with van der Waals surface area (Å²) >= 11 is 6.69. The van der Waals surface area contributed by atoms with Crippen LogP contribution in [0.1, 0.15) is 30.8 Å².